The first-order valence-corrected chi connectivity index (χ1v) is 6.84. The Labute approximate surface area is 117 Å². The highest BCUT2D eigenvalue weighted by molar-refractivity contribution is 5.78. The van der Waals surface area contributed by atoms with Gasteiger partial charge in [0.15, 0.2) is 0 Å². The van der Waals surface area contributed by atoms with Crippen molar-refractivity contribution in [1.29, 1.82) is 0 Å². The minimum absolute atomic E-state index is 0.0504. The molecule has 0 spiro atoms. The van der Waals surface area contributed by atoms with E-state index in [1.807, 2.05) is 42.2 Å². The lowest BCUT2D eigenvalue weighted by molar-refractivity contribution is -0.145. The fourth-order valence-corrected chi connectivity index (χ4v) is 2.78. The summed E-state index contributed by atoms with van der Waals surface area (Å²) in [7, 11) is 0. The van der Waals surface area contributed by atoms with E-state index in [4.69, 9.17) is 4.42 Å². The van der Waals surface area contributed by atoms with Crippen LogP contribution in [0.15, 0.2) is 34.7 Å². The number of para-hydroxylation sites is 1. The first kappa shape index (κ1) is 13.1. The third-order valence-electron chi connectivity index (χ3n) is 3.92. The van der Waals surface area contributed by atoms with E-state index in [1.165, 1.54) is 0 Å². The van der Waals surface area contributed by atoms with Crippen molar-refractivity contribution in [3.63, 3.8) is 0 Å². The number of fused-ring (bicyclic) bond motifs is 1. The zero-order valence-corrected chi connectivity index (χ0v) is 11.4. The third-order valence-corrected chi connectivity index (χ3v) is 3.92. The van der Waals surface area contributed by atoms with Crippen LogP contribution in [0.5, 0.6) is 0 Å². The molecule has 2 aromatic rings. The molecule has 2 atom stereocenters. The molecule has 1 aromatic heterocycles. The minimum Gasteiger partial charge on any atom is -0.480 e. The monoisotopic (exact) mass is 274 g/mol. The quantitative estimate of drug-likeness (QED) is 0.894. The lowest BCUT2D eigenvalue weighted by atomic mass is 10.1. The molecule has 2 N–H and O–H groups in total. The van der Waals surface area contributed by atoms with Crippen LogP contribution in [0, 0.1) is 0 Å². The Bertz CT molecular complexity index is 589. The van der Waals surface area contributed by atoms with Gasteiger partial charge in [-0.1, -0.05) is 18.2 Å². The summed E-state index contributed by atoms with van der Waals surface area (Å²) in [5.41, 5.74) is 0.844. The van der Waals surface area contributed by atoms with E-state index >= 15 is 0 Å². The smallest absolute Gasteiger partial charge is 0.322 e. The van der Waals surface area contributed by atoms with Crippen LogP contribution in [-0.2, 0) is 4.79 Å². The first-order chi connectivity index (χ1) is 9.66. The molecule has 1 aromatic carbocycles. The van der Waals surface area contributed by atoms with Gasteiger partial charge in [0, 0.05) is 25.0 Å². The SMILES string of the molecule is CC(c1cc2ccccc2o1)N1CCNCC1C(=O)O. The molecule has 2 unspecified atom stereocenters. The highest BCUT2D eigenvalue weighted by Gasteiger charge is 2.33. The summed E-state index contributed by atoms with van der Waals surface area (Å²) >= 11 is 0. The fraction of sp³-hybridized carbons (Fsp3) is 0.400. The average Bonchev–Trinajstić information content (AvgIpc) is 2.90. The van der Waals surface area contributed by atoms with E-state index in [1.54, 1.807) is 0 Å². The summed E-state index contributed by atoms with van der Waals surface area (Å²) < 4.78 is 5.86. The van der Waals surface area contributed by atoms with Crippen LogP contribution in [0.4, 0.5) is 0 Å². The Kier molecular flexibility index (Phi) is 3.46. The van der Waals surface area contributed by atoms with Crippen LogP contribution >= 0.6 is 0 Å². The molecule has 0 radical (unpaired) electrons. The summed E-state index contributed by atoms with van der Waals surface area (Å²) in [6, 6.07) is 9.28. The maximum atomic E-state index is 11.4. The van der Waals surface area contributed by atoms with Gasteiger partial charge in [-0.2, -0.15) is 0 Å². The van der Waals surface area contributed by atoms with Crippen LogP contribution in [0.2, 0.25) is 0 Å². The molecule has 0 bridgehead atoms. The van der Waals surface area contributed by atoms with Gasteiger partial charge < -0.3 is 14.8 Å². The number of piperazine rings is 1. The van der Waals surface area contributed by atoms with Gasteiger partial charge in [0.2, 0.25) is 0 Å². The van der Waals surface area contributed by atoms with E-state index in [-0.39, 0.29) is 6.04 Å². The van der Waals surface area contributed by atoms with Crippen LogP contribution in [-0.4, -0.2) is 41.7 Å². The molecule has 106 valence electrons. The van der Waals surface area contributed by atoms with Crippen LogP contribution in [0.25, 0.3) is 11.0 Å². The van der Waals surface area contributed by atoms with Crippen LogP contribution in [0.1, 0.15) is 18.7 Å². The summed E-state index contributed by atoms with van der Waals surface area (Å²) in [6.07, 6.45) is 0. The number of nitrogens with one attached hydrogen (secondary N) is 1. The third kappa shape index (κ3) is 2.30. The highest BCUT2D eigenvalue weighted by Crippen LogP contribution is 2.29. The molecule has 20 heavy (non-hydrogen) atoms. The van der Waals surface area contributed by atoms with Gasteiger partial charge in [0.05, 0.1) is 6.04 Å². The average molecular weight is 274 g/mol. The Morgan fingerprint density at radius 2 is 2.30 bits per heavy atom. The number of hydrogen-bond donors (Lipinski definition) is 2. The summed E-state index contributed by atoms with van der Waals surface area (Å²) in [5.74, 6) is 0.0273. The Morgan fingerprint density at radius 3 is 3.05 bits per heavy atom. The van der Waals surface area contributed by atoms with Crippen molar-refractivity contribution in [2.75, 3.05) is 19.6 Å². The molecular formula is C15H18N2O3. The summed E-state index contributed by atoms with van der Waals surface area (Å²) in [6.45, 7) is 3.97. The van der Waals surface area contributed by atoms with E-state index in [9.17, 15) is 9.90 Å². The first-order valence-electron chi connectivity index (χ1n) is 6.84. The second-order valence-electron chi connectivity index (χ2n) is 5.16. The fourth-order valence-electron chi connectivity index (χ4n) is 2.78. The van der Waals surface area contributed by atoms with Crippen molar-refractivity contribution in [2.24, 2.45) is 0 Å². The predicted molar refractivity (Wildman–Crippen MR) is 75.6 cm³/mol. The van der Waals surface area contributed by atoms with Crippen LogP contribution < -0.4 is 5.32 Å². The van der Waals surface area contributed by atoms with Crippen molar-refractivity contribution in [3.05, 3.63) is 36.1 Å². The number of nitrogens with zero attached hydrogens (tertiary/aromatic N) is 1. The van der Waals surface area contributed by atoms with Crippen molar-refractivity contribution in [3.8, 4) is 0 Å². The molecule has 0 amide bonds. The molecule has 5 heteroatoms. The minimum atomic E-state index is -0.792. The van der Waals surface area contributed by atoms with E-state index in [0.29, 0.717) is 13.1 Å². The molecule has 1 aliphatic rings. The number of carboxylic acid groups (broad SMARTS) is 1. The van der Waals surface area contributed by atoms with Crippen molar-refractivity contribution >= 4 is 16.9 Å². The Balaban J connectivity index is 1.89. The van der Waals surface area contributed by atoms with Crippen molar-refractivity contribution in [1.82, 2.24) is 10.2 Å². The summed E-state index contributed by atoms with van der Waals surface area (Å²) in [4.78, 5) is 13.3. The maximum absolute atomic E-state index is 11.4. The van der Waals surface area contributed by atoms with Gasteiger partial charge in [-0.3, -0.25) is 9.69 Å². The topological polar surface area (TPSA) is 65.7 Å². The van der Waals surface area contributed by atoms with Gasteiger partial charge in [-0.15, -0.1) is 0 Å². The van der Waals surface area contributed by atoms with Gasteiger partial charge in [-0.05, 0) is 19.1 Å². The molecule has 2 heterocycles. The maximum Gasteiger partial charge on any atom is 0.322 e. The largest absolute Gasteiger partial charge is 0.480 e. The normalized spacial score (nSPS) is 21.9. The van der Waals surface area contributed by atoms with Crippen molar-refractivity contribution in [2.45, 2.75) is 19.0 Å². The number of furan rings is 1. The second-order valence-corrected chi connectivity index (χ2v) is 5.16. The van der Waals surface area contributed by atoms with Gasteiger partial charge in [-0.25, -0.2) is 0 Å². The predicted octanol–water partition coefficient (Wildman–Crippen LogP) is 1.85. The Hall–Kier alpha value is -1.85. The zero-order chi connectivity index (χ0) is 14.1. The molecule has 0 saturated carbocycles. The number of hydrogen-bond acceptors (Lipinski definition) is 4. The molecule has 1 saturated heterocycles. The molecule has 0 aliphatic carbocycles. The number of aliphatic carboxylic acids is 1. The van der Waals surface area contributed by atoms with Crippen LogP contribution in [0.3, 0.4) is 0 Å². The molecule has 1 aliphatic heterocycles. The standard InChI is InChI=1S/C15H18N2O3/c1-10(17-7-6-16-9-12(17)15(18)19)14-8-11-4-2-3-5-13(11)20-14/h2-5,8,10,12,16H,6-7,9H2,1H3,(H,18,19). The number of carbonyl (C=O) groups is 1. The number of rotatable bonds is 3. The van der Waals surface area contributed by atoms with Gasteiger partial charge in [0.25, 0.3) is 0 Å². The van der Waals surface area contributed by atoms with Crippen molar-refractivity contribution < 1.29 is 14.3 Å². The Morgan fingerprint density at radius 1 is 1.50 bits per heavy atom. The second kappa shape index (κ2) is 5.26. The molecule has 1 fully saturated rings. The van der Waals surface area contributed by atoms with E-state index in [2.05, 4.69) is 5.32 Å². The molecule has 3 rings (SSSR count). The summed E-state index contributed by atoms with van der Waals surface area (Å²) in [5, 5.41) is 13.5. The molecule has 5 nitrogen and oxygen atoms in total. The van der Waals surface area contributed by atoms with Gasteiger partial charge in [0.1, 0.15) is 17.4 Å². The number of carboxylic acids is 1. The van der Waals surface area contributed by atoms with E-state index < -0.39 is 12.0 Å². The lowest BCUT2D eigenvalue weighted by Gasteiger charge is -2.36. The van der Waals surface area contributed by atoms with E-state index in [0.717, 1.165) is 23.3 Å². The highest BCUT2D eigenvalue weighted by atomic mass is 16.4. The van der Waals surface area contributed by atoms with Gasteiger partial charge >= 0.3 is 5.97 Å². The zero-order valence-electron chi connectivity index (χ0n) is 11.4. The number of benzene rings is 1. The molecular weight excluding hydrogens is 256 g/mol. The lowest BCUT2D eigenvalue weighted by Crippen LogP contribution is -2.55.